The number of nitrogens with two attached hydrogens (primary N) is 4. The average Bonchev–Trinajstić information content (AvgIpc) is 3.11. The SMILES string of the molecule is NC(N)=NCCC[C@@H]1NC(=O)[C@@H](Cc2ccc(O)cc2)NC(=O)CNC(=O)[C@H](Cc2ccc3ccccc3c2)NC(=O)[C@H](CCN=C(N)N)NC1=O. The van der Waals surface area contributed by atoms with Crippen LogP contribution in [0.5, 0.6) is 5.75 Å². The van der Waals surface area contributed by atoms with Crippen LogP contribution in [0, 0.1) is 0 Å². The number of hydrogen-bond donors (Lipinski definition) is 10. The van der Waals surface area contributed by atoms with Crippen LogP contribution in [0.1, 0.15) is 30.4 Å². The number of aliphatic imine (C=N–C) groups is 2. The molecule has 5 amide bonds. The molecule has 1 heterocycles. The summed E-state index contributed by atoms with van der Waals surface area (Å²) in [6.07, 6.45) is 0.302. The maximum atomic E-state index is 13.8. The summed E-state index contributed by atoms with van der Waals surface area (Å²) in [5.41, 5.74) is 23.2. The van der Waals surface area contributed by atoms with Crippen LogP contribution < -0.4 is 49.5 Å². The van der Waals surface area contributed by atoms with Crippen LogP contribution in [0.3, 0.4) is 0 Å². The second-order valence-electron chi connectivity index (χ2n) is 12.3. The molecule has 0 bridgehead atoms. The van der Waals surface area contributed by atoms with E-state index in [0.29, 0.717) is 5.56 Å². The summed E-state index contributed by atoms with van der Waals surface area (Å²) in [7, 11) is 0. The van der Waals surface area contributed by atoms with Gasteiger partial charge in [0, 0.05) is 25.9 Å². The van der Waals surface area contributed by atoms with Crippen molar-refractivity contribution in [1.29, 1.82) is 0 Å². The minimum absolute atomic E-state index is 0.00956. The molecule has 0 aromatic heterocycles. The molecule has 4 atom stereocenters. The zero-order valence-corrected chi connectivity index (χ0v) is 28.5. The number of fused-ring (bicyclic) bond motifs is 1. The molecule has 0 aliphatic carbocycles. The van der Waals surface area contributed by atoms with Crippen LogP contribution in [0.25, 0.3) is 10.8 Å². The van der Waals surface area contributed by atoms with Gasteiger partial charge in [-0.05, 0) is 53.3 Å². The van der Waals surface area contributed by atoms with Gasteiger partial charge in [0.05, 0.1) is 6.54 Å². The Labute approximate surface area is 300 Å². The molecule has 52 heavy (non-hydrogen) atoms. The largest absolute Gasteiger partial charge is 0.508 e. The van der Waals surface area contributed by atoms with Crippen LogP contribution in [-0.2, 0) is 36.8 Å². The highest BCUT2D eigenvalue weighted by molar-refractivity contribution is 5.97. The van der Waals surface area contributed by atoms with E-state index in [4.69, 9.17) is 22.9 Å². The molecule has 17 heteroatoms. The quantitative estimate of drug-likeness (QED) is 0.0599. The zero-order chi connectivity index (χ0) is 37.6. The number of nitrogens with zero attached hydrogens (tertiary/aromatic N) is 2. The standard InChI is InChI=1S/C35H45N11O6/c36-34(37)40-14-3-6-25-31(50)45-26(13-15-41-35(38)39)32(51)46-27(18-21-7-10-22-4-1-2-5-23(22)16-21)30(49)42-19-29(48)43-28(33(52)44-25)17-20-8-11-24(47)12-9-20/h1-2,4-5,7-12,16,25-28,47H,3,6,13-15,17-19H2,(H,42,49)(H,43,48)(H,44,52)(H,45,50)(H,46,51)(H4,36,37,40)(H4,38,39,41)/t25-,26-,27-,28+/m0/s1. The van der Waals surface area contributed by atoms with Crippen molar-refractivity contribution >= 4 is 52.2 Å². The first-order valence-electron chi connectivity index (χ1n) is 16.7. The minimum atomic E-state index is -1.24. The predicted octanol–water partition coefficient (Wildman–Crippen LogP) is -1.88. The third-order valence-electron chi connectivity index (χ3n) is 8.26. The normalized spacial score (nSPS) is 20.2. The minimum Gasteiger partial charge on any atom is -0.508 e. The molecule has 4 rings (SSSR count). The zero-order valence-electron chi connectivity index (χ0n) is 28.5. The van der Waals surface area contributed by atoms with Crippen LogP contribution in [0.15, 0.2) is 76.7 Å². The smallest absolute Gasteiger partial charge is 0.243 e. The van der Waals surface area contributed by atoms with Gasteiger partial charge in [0.25, 0.3) is 0 Å². The second-order valence-corrected chi connectivity index (χ2v) is 12.3. The lowest BCUT2D eigenvalue weighted by molar-refractivity contribution is -0.134. The van der Waals surface area contributed by atoms with Crippen molar-refractivity contribution < 1.29 is 29.1 Å². The van der Waals surface area contributed by atoms with Gasteiger partial charge in [-0.2, -0.15) is 0 Å². The molecule has 0 saturated carbocycles. The molecule has 17 nitrogen and oxygen atoms in total. The third kappa shape index (κ3) is 11.9. The lowest BCUT2D eigenvalue weighted by atomic mass is 10.0. The number of nitrogens with one attached hydrogen (secondary N) is 5. The lowest BCUT2D eigenvalue weighted by Gasteiger charge is -2.26. The van der Waals surface area contributed by atoms with Gasteiger partial charge >= 0.3 is 0 Å². The number of aromatic hydroxyl groups is 1. The summed E-state index contributed by atoms with van der Waals surface area (Å²) < 4.78 is 0. The molecule has 1 aliphatic rings. The van der Waals surface area contributed by atoms with E-state index in [1.807, 2.05) is 42.5 Å². The van der Waals surface area contributed by atoms with Crippen LogP contribution in [-0.4, -0.2) is 90.4 Å². The van der Waals surface area contributed by atoms with E-state index in [9.17, 15) is 29.1 Å². The van der Waals surface area contributed by atoms with Crippen molar-refractivity contribution in [3.05, 3.63) is 77.9 Å². The van der Waals surface area contributed by atoms with Crippen molar-refractivity contribution in [1.82, 2.24) is 26.6 Å². The van der Waals surface area contributed by atoms with Gasteiger partial charge in [0.1, 0.15) is 29.9 Å². The number of carbonyl (C=O) groups is 5. The van der Waals surface area contributed by atoms with Crippen LogP contribution >= 0.6 is 0 Å². The summed E-state index contributed by atoms with van der Waals surface area (Å²) in [4.78, 5) is 76.1. The molecule has 1 fully saturated rings. The van der Waals surface area contributed by atoms with E-state index in [1.165, 1.54) is 12.1 Å². The lowest BCUT2D eigenvalue weighted by Crippen LogP contribution is -2.58. The van der Waals surface area contributed by atoms with E-state index in [1.54, 1.807) is 12.1 Å². The van der Waals surface area contributed by atoms with E-state index in [2.05, 4.69) is 36.6 Å². The fraction of sp³-hybridized carbons (Fsp3) is 0.343. The fourth-order valence-electron chi connectivity index (χ4n) is 5.60. The fourth-order valence-corrected chi connectivity index (χ4v) is 5.60. The molecule has 14 N–H and O–H groups in total. The van der Waals surface area contributed by atoms with Gasteiger partial charge in [-0.1, -0.05) is 54.6 Å². The van der Waals surface area contributed by atoms with E-state index in [-0.39, 0.29) is 62.9 Å². The Bertz CT molecular complexity index is 1810. The van der Waals surface area contributed by atoms with E-state index >= 15 is 0 Å². The summed E-state index contributed by atoms with van der Waals surface area (Å²) in [5, 5.41) is 25.0. The Morgan fingerprint density at radius 3 is 1.83 bits per heavy atom. The number of hydrogen-bond acceptors (Lipinski definition) is 8. The molecular formula is C35H45N11O6. The summed E-state index contributed by atoms with van der Waals surface area (Å²) in [5.74, 6) is -3.86. The number of benzene rings is 3. The van der Waals surface area contributed by atoms with Gasteiger partial charge in [-0.3, -0.25) is 34.0 Å². The third-order valence-corrected chi connectivity index (χ3v) is 8.26. The van der Waals surface area contributed by atoms with Gasteiger partial charge in [0.15, 0.2) is 11.9 Å². The summed E-state index contributed by atoms with van der Waals surface area (Å²) >= 11 is 0. The first-order chi connectivity index (χ1) is 24.9. The van der Waals surface area contributed by atoms with Crippen LogP contribution in [0.4, 0.5) is 0 Å². The Hall–Kier alpha value is -6.39. The molecule has 0 radical (unpaired) electrons. The van der Waals surface area contributed by atoms with Gasteiger partial charge in [-0.25, -0.2) is 0 Å². The maximum Gasteiger partial charge on any atom is 0.243 e. The molecule has 0 spiro atoms. The highest BCUT2D eigenvalue weighted by atomic mass is 16.3. The maximum absolute atomic E-state index is 13.8. The van der Waals surface area contributed by atoms with E-state index in [0.717, 1.165) is 16.3 Å². The van der Waals surface area contributed by atoms with Crippen molar-refractivity contribution in [2.45, 2.75) is 56.3 Å². The first kappa shape index (κ1) is 38.4. The van der Waals surface area contributed by atoms with Crippen molar-refractivity contribution in [3.8, 4) is 5.75 Å². The number of phenols is 1. The Balaban J connectivity index is 1.68. The monoisotopic (exact) mass is 715 g/mol. The second kappa shape index (κ2) is 18.6. The molecule has 1 aliphatic heterocycles. The van der Waals surface area contributed by atoms with Crippen molar-refractivity contribution in [2.24, 2.45) is 32.9 Å². The Kier molecular flexibility index (Phi) is 13.7. The number of guanidine groups is 2. The van der Waals surface area contributed by atoms with Crippen molar-refractivity contribution in [2.75, 3.05) is 19.6 Å². The van der Waals surface area contributed by atoms with Gasteiger partial charge in [-0.15, -0.1) is 0 Å². The molecule has 276 valence electrons. The average molecular weight is 716 g/mol. The first-order valence-corrected chi connectivity index (χ1v) is 16.7. The molecule has 3 aromatic rings. The molecular weight excluding hydrogens is 670 g/mol. The predicted molar refractivity (Wildman–Crippen MR) is 195 cm³/mol. The number of phenolic OH excluding ortho intramolecular Hbond substituents is 1. The number of amides is 5. The summed E-state index contributed by atoms with van der Waals surface area (Å²) in [6, 6.07) is 14.5. The highest BCUT2D eigenvalue weighted by Gasteiger charge is 2.32. The Morgan fingerprint density at radius 1 is 0.615 bits per heavy atom. The topological polar surface area (TPSA) is 295 Å². The van der Waals surface area contributed by atoms with Gasteiger partial charge in [0.2, 0.25) is 29.5 Å². The molecule has 0 unspecified atom stereocenters. The van der Waals surface area contributed by atoms with Crippen LogP contribution in [0.2, 0.25) is 0 Å². The number of rotatable bonds is 11. The molecule has 1 saturated heterocycles. The van der Waals surface area contributed by atoms with Gasteiger partial charge < -0.3 is 54.6 Å². The number of carbonyl (C=O) groups excluding carboxylic acids is 5. The van der Waals surface area contributed by atoms with Crippen molar-refractivity contribution in [3.63, 3.8) is 0 Å². The Morgan fingerprint density at radius 2 is 1.15 bits per heavy atom. The summed E-state index contributed by atoms with van der Waals surface area (Å²) in [6.45, 7) is -0.416. The van der Waals surface area contributed by atoms with E-state index < -0.39 is 60.2 Å². The molecule has 3 aromatic carbocycles. The highest BCUT2D eigenvalue weighted by Crippen LogP contribution is 2.17.